The van der Waals surface area contributed by atoms with Crippen LogP contribution in [-0.4, -0.2) is 26.0 Å². The fourth-order valence-electron chi connectivity index (χ4n) is 1.30. The molecule has 0 aliphatic heterocycles. The average molecular weight is 221 g/mol. The summed E-state index contributed by atoms with van der Waals surface area (Å²) in [6.07, 6.45) is 5.36. The van der Waals surface area contributed by atoms with Crippen LogP contribution in [0.5, 0.6) is 0 Å². The summed E-state index contributed by atoms with van der Waals surface area (Å²) in [6.45, 7) is 0. The molecule has 5 nitrogen and oxygen atoms in total. The molecule has 0 atom stereocenters. The monoisotopic (exact) mass is 221 g/mol. The number of aryl methyl sites for hydroxylation is 1. The van der Waals surface area contributed by atoms with Crippen molar-refractivity contribution >= 4 is 17.6 Å². The number of anilines is 1. The lowest BCUT2D eigenvalue weighted by Crippen LogP contribution is -1.92. The van der Waals surface area contributed by atoms with E-state index in [0.717, 1.165) is 16.3 Å². The van der Waals surface area contributed by atoms with Gasteiger partial charge >= 0.3 is 0 Å². The van der Waals surface area contributed by atoms with Crippen LogP contribution in [0.25, 0.3) is 11.3 Å². The minimum Gasteiger partial charge on any atom is -0.382 e. The molecule has 2 aromatic rings. The Labute approximate surface area is 91.7 Å². The van der Waals surface area contributed by atoms with Gasteiger partial charge in [0.15, 0.2) is 5.82 Å². The molecule has 0 amide bonds. The average Bonchev–Trinajstić information content (AvgIpc) is 2.58. The Bertz CT molecular complexity index is 479. The summed E-state index contributed by atoms with van der Waals surface area (Å²) in [4.78, 5) is 8.28. The first-order valence-electron chi connectivity index (χ1n) is 4.36. The van der Waals surface area contributed by atoms with Crippen molar-refractivity contribution in [3.8, 4) is 11.3 Å². The standard InChI is InChI=1S/C9H11N5S/c1-14-4-6(9(10)13-14)7-3-8(15-2)12-5-11-7/h3-5H,1-2H3,(H2,10,13). The van der Waals surface area contributed by atoms with Crippen molar-refractivity contribution in [3.63, 3.8) is 0 Å². The zero-order chi connectivity index (χ0) is 10.8. The van der Waals surface area contributed by atoms with Gasteiger partial charge in [-0.1, -0.05) is 0 Å². The van der Waals surface area contributed by atoms with E-state index < -0.39 is 0 Å². The number of thioether (sulfide) groups is 1. The molecule has 0 bridgehead atoms. The molecule has 2 heterocycles. The lowest BCUT2D eigenvalue weighted by molar-refractivity contribution is 0.772. The summed E-state index contributed by atoms with van der Waals surface area (Å²) in [5.41, 5.74) is 7.41. The third-order valence-electron chi connectivity index (χ3n) is 1.98. The van der Waals surface area contributed by atoms with Crippen LogP contribution in [0.1, 0.15) is 0 Å². The molecule has 2 aromatic heterocycles. The molecule has 0 unspecified atom stereocenters. The minimum atomic E-state index is 0.489. The number of hydrogen-bond acceptors (Lipinski definition) is 5. The first-order chi connectivity index (χ1) is 7.20. The second-order valence-electron chi connectivity index (χ2n) is 3.05. The van der Waals surface area contributed by atoms with Crippen LogP contribution in [-0.2, 0) is 7.05 Å². The Morgan fingerprint density at radius 1 is 1.40 bits per heavy atom. The van der Waals surface area contributed by atoms with Crippen LogP contribution in [0.2, 0.25) is 0 Å². The third-order valence-corrected chi connectivity index (χ3v) is 2.63. The topological polar surface area (TPSA) is 69.6 Å². The van der Waals surface area contributed by atoms with E-state index in [4.69, 9.17) is 5.73 Å². The molecular formula is C9H11N5S. The number of nitrogens with two attached hydrogens (primary N) is 1. The highest BCUT2D eigenvalue weighted by molar-refractivity contribution is 7.98. The van der Waals surface area contributed by atoms with E-state index in [1.807, 2.05) is 25.6 Å². The van der Waals surface area contributed by atoms with Crippen molar-refractivity contribution in [2.45, 2.75) is 5.03 Å². The van der Waals surface area contributed by atoms with Crippen molar-refractivity contribution in [3.05, 3.63) is 18.6 Å². The molecule has 2 N–H and O–H groups in total. The summed E-state index contributed by atoms with van der Waals surface area (Å²) in [7, 11) is 1.83. The van der Waals surface area contributed by atoms with Gasteiger partial charge in [0.25, 0.3) is 0 Å². The number of nitrogens with zero attached hydrogens (tertiary/aromatic N) is 4. The van der Waals surface area contributed by atoms with Crippen molar-refractivity contribution in [2.24, 2.45) is 7.05 Å². The maximum Gasteiger partial charge on any atom is 0.154 e. The van der Waals surface area contributed by atoms with Crippen LogP contribution in [0, 0.1) is 0 Å². The molecule has 0 fully saturated rings. The summed E-state index contributed by atoms with van der Waals surface area (Å²) < 4.78 is 1.67. The highest BCUT2D eigenvalue weighted by Gasteiger charge is 2.08. The van der Waals surface area contributed by atoms with Gasteiger partial charge in [0, 0.05) is 13.2 Å². The van der Waals surface area contributed by atoms with Gasteiger partial charge in [0.2, 0.25) is 0 Å². The Morgan fingerprint density at radius 3 is 2.80 bits per heavy atom. The fourth-order valence-corrected chi connectivity index (χ4v) is 1.68. The van der Waals surface area contributed by atoms with E-state index in [2.05, 4.69) is 15.1 Å². The zero-order valence-corrected chi connectivity index (χ0v) is 9.32. The molecule has 15 heavy (non-hydrogen) atoms. The number of rotatable bonds is 2. The molecule has 0 aliphatic rings. The van der Waals surface area contributed by atoms with Gasteiger partial charge in [0.1, 0.15) is 6.33 Å². The van der Waals surface area contributed by atoms with Crippen molar-refractivity contribution in [1.29, 1.82) is 0 Å². The van der Waals surface area contributed by atoms with Crippen LogP contribution in [0.15, 0.2) is 23.6 Å². The van der Waals surface area contributed by atoms with Gasteiger partial charge in [0.05, 0.1) is 16.3 Å². The molecule has 78 valence electrons. The summed E-state index contributed by atoms with van der Waals surface area (Å²) >= 11 is 1.57. The van der Waals surface area contributed by atoms with Crippen LogP contribution >= 0.6 is 11.8 Å². The Kier molecular flexibility index (Phi) is 2.59. The Morgan fingerprint density at radius 2 is 2.20 bits per heavy atom. The molecule has 0 aromatic carbocycles. The first kappa shape index (κ1) is 9.97. The fraction of sp³-hybridized carbons (Fsp3) is 0.222. The Balaban J connectivity index is 2.49. The molecule has 0 spiro atoms. The highest BCUT2D eigenvalue weighted by atomic mass is 32.2. The minimum absolute atomic E-state index is 0.489. The molecule has 0 radical (unpaired) electrons. The molecule has 6 heteroatoms. The van der Waals surface area contributed by atoms with Crippen LogP contribution < -0.4 is 5.73 Å². The lowest BCUT2D eigenvalue weighted by Gasteiger charge is -1.99. The molecular weight excluding hydrogens is 210 g/mol. The smallest absolute Gasteiger partial charge is 0.154 e. The largest absolute Gasteiger partial charge is 0.382 e. The third kappa shape index (κ3) is 1.94. The van der Waals surface area contributed by atoms with Gasteiger partial charge in [-0.05, 0) is 12.3 Å². The number of hydrogen-bond donors (Lipinski definition) is 1. The van der Waals surface area contributed by atoms with E-state index in [-0.39, 0.29) is 0 Å². The van der Waals surface area contributed by atoms with Gasteiger partial charge in [-0.15, -0.1) is 11.8 Å². The summed E-state index contributed by atoms with van der Waals surface area (Å²) in [5.74, 6) is 0.489. The van der Waals surface area contributed by atoms with Gasteiger partial charge in [-0.3, -0.25) is 4.68 Å². The summed E-state index contributed by atoms with van der Waals surface area (Å²) in [5, 5.41) is 4.99. The first-order valence-corrected chi connectivity index (χ1v) is 5.58. The maximum absolute atomic E-state index is 5.77. The van der Waals surface area contributed by atoms with Crippen LogP contribution in [0.4, 0.5) is 5.82 Å². The quantitative estimate of drug-likeness (QED) is 0.609. The number of nitrogen functional groups attached to an aromatic ring is 1. The Hall–Kier alpha value is -1.56. The number of aromatic nitrogens is 4. The normalized spacial score (nSPS) is 10.5. The predicted octanol–water partition coefficient (Wildman–Crippen LogP) is 1.18. The predicted molar refractivity (Wildman–Crippen MR) is 60.4 cm³/mol. The van der Waals surface area contributed by atoms with E-state index in [1.165, 1.54) is 6.33 Å². The molecule has 2 rings (SSSR count). The van der Waals surface area contributed by atoms with Gasteiger partial charge in [-0.25, -0.2) is 9.97 Å². The highest BCUT2D eigenvalue weighted by Crippen LogP contribution is 2.24. The second-order valence-corrected chi connectivity index (χ2v) is 3.87. The van der Waals surface area contributed by atoms with E-state index >= 15 is 0 Å². The lowest BCUT2D eigenvalue weighted by atomic mass is 10.2. The zero-order valence-electron chi connectivity index (χ0n) is 8.51. The molecule has 0 saturated heterocycles. The summed E-state index contributed by atoms with van der Waals surface area (Å²) in [6, 6.07) is 1.90. The van der Waals surface area contributed by atoms with Crippen molar-refractivity contribution < 1.29 is 0 Å². The van der Waals surface area contributed by atoms with Crippen LogP contribution in [0.3, 0.4) is 0 Å². The van der Waals surface area contributed by atoms with Crippen molar-refractivity contribution in [1.82, 2.24) is 19.7 Å². The maximum atomic E-state index is 5.77. The van der Waals surface area contributed by atoms with E-state index in [1.54, 1.807) is 16.4 Å². The van der Waals surface area contributed by atoms with Gasteiger partial charge in [-0.2, -0.15) is 5.10 Å². The van der Waals surface area contributed by atoms with E-state index in [0.29, 0.717) is 5.82 Å². The molecule has 0 aliphatic carbocycles. The van der Waals surface area contributed by atoms with Crippen molar-refractivity contribution in [2.75, 3.05) is 12.0 Å². The SMILES string of the molecule is CSc1cc(-c2cn(C)nc2N)ncn1. The second kappa shape index (κ2) is 3.90. The van der Waals surface area contributed by atoms with E-state index in [9.17, 15) is 0 Å². The van der Waals surface area contributed by atoms with Gasteiger partial charge < -0.3 is 5.73 Å². The molecule has 0 saturated carbocycles.